The van der Waals surface area contributed by atoms with Crippen molar-refractivity contribution in [1.82, 2.24) is 5.32 Å². The average molecular weight is 313 g/mol. The number of rotatable bonds is 6. The molecule has 0 fully saturated rings. The summed E-state index contributed by atoms with van der Waals surface area (Å²) in [5, 5.41) is 2.79. The fourth-order valence-corrected chi connectivity index (χ4v) is 2.39. The van der Waals surface area contributed by atoms with E-state index in [0.717, 1.165) is 0 Å². The molecule has 2 rings (SSSR count). The van der Waals surface area contributed by atoms with Gasteiger partial charge in [0.05, 0.1) is 6.04 Å². The van der Waals surface area contributed by atoms with Gasteiger partial charge in [0.1, 0.15) is 5.82 Å². The largest absolute Gasteiger partial charge is 0.342 e. The van der Waals surface area contributed by atoms with Gasteiger partial charge in [0.15, 0.2) is 5.78 Å². The Bertz CT molecular complexity index is 683. The van der Waals surface area contributed by atoms with Gasteiger partial charge in [-0.25, -0.2) is 4.39 Å². The van der Waals surface area contributed by atoms with Crippen LogP contribution in [-0.4, -0.2) is 17.7 Å². The molecule has 0 aliphatic carbocycles. The molecule has 0 spiro atoms. The molecule has 0 aromatic heterocycles. The van der Waals surface area contributed by atoms with Crippen molar-refractivity contribution in [3.8, 4) is 0 Å². The minimum atomic E-state index is -0.606. The van der Waals surface area contributed by atoms with Gasteiger partial charge in [0, 0.05) is 12.0 Å². The molecule has 0 saturated carbocycles. The zero-order chi connectivity index (χ0) is 16.8. The summed E-state index contributed by atoms with van der Waals surface area (Å²) < 4.78 is 13.2. The maximum Gasteiger partial charge on any atom is 0.251 e. The van der Waals surface area contributed by atoms with Crippen LogP contribution in [0.15, 0.2) is 54.6 Å². The van der Waals surface area contributed by atoms with Crippen LogP contribution in [0, 0.1) is 11.7 Å². The Hall–Kier alpha value is -2.49. The minimum Gasteiger partial charge on any atom is -0.342 e. The van der Waals surface area contributed by atoms with Gasteiger partial charge in [-0.2, -0.15) is 0 Å². The molecular weight excluding hydrogens is 293 g/mol. The number of carbonyl (C=O) groups excluding carboxylic acids is 2. The minimum absolute atomic E-state index is 0.0521. The van der Waals surface area contributed by atoms with E-state index in [1.807, 2.05) is 19.9 Å². The lowest BCUT2D eigenvalue weighted by Crippen LogP contribution is -2.45. The number of nitrogens with one attached hydrogen (secondary N) is 1. The molecule has 0 radical (unpaired) electrons. The molecule has 0 aliphatic rings. The summed E-state index contributed by atoms with van der Waals surface area (Å²) in [4.78, 5) is 24.7. The van der Waals surface area contributed by atoms with E-state index in [1.165, 1.54) is 12.1 Å². The summed E-state index contributed by atoms with van der Waals surface area (Å²) in [5.74, 6) is -0.833. The Morgan fingerprint density at radius 3 is 2.35 bits per heavy atom. The first kappa shape index (κ1) is 16.9. The first-order valence-electron chi connectivity index (χ1n) is 7.60. The highest BCUT2D eigenvalue weighted by molar-refractivity contribution is 5.98. The van der Waals surface area contributed by atoms with Crippen molar-refractivity contribution in [2.24, 2.45) is 5.92 Å². The number of Topliss-reactive ketones (excluding diaryl/α,β-unsaturated/α-hetero) is 1. The highest BCUT2D eigenvalue weighted by atomic mass is 19.1. The lowest BCUT2D eigenvalue weighted by molar-refractivity contribution is -0.121. The molecule has 0 aliphatic heterocycles. The van der Waals surface area contributed by atoms with Crippen molar-refractivity contribution in [3.05, 3.63) is 71.5 Å². The van der Waals surface area contributed by atoms with Gasteiger partial charge in [0.25, 0.3) is 5.91 Å². The van der Waals surface area contributed by atoms with Crippen LogP contribution >= 0.6 is 0 Å². The molecule has 1 N–H and O–H groups in total. The second kappa shape index (κ2) is 7.68. The van der Waals surface area contributed by atoms with Gasteiger partial charge in [-0.1, -0.05) is 44.2 Å². The Morgan fingerprint density at radius 1 is 1.04 bits per heavy atom. The van der Waals surface area contributed by atoms with Gasteiger partial charge in [-0.15, -0.1) is 0 Å². The molecular formula is C19H20FNO2. The second-order valence-electron chi connectivity index (χ2n) is 5.83. The van der Waals surface area contributed by atoms with Crippen LogP contribution in [0.1, 0.15) is 29.8 Å². The van der Waals surface area contributed by atoms with E-state index in [9.17, 15) is 14.0 Å². The number of benzene rings is 2. The number of hydrogen-bond acceptors (Lipinski definition) is 2. The summed E-state index contributed by atoms with van der Waals surface area (Å²) in [6, 6.07) is 14.1. The van der Waals surface area contributed by atoms with Crippen molar-refractivity contribution in [1.29, 1.82) is 0 Å². The summed E-state index contributed by atoms with van der Waals surface area (Å²) in [5.41, 5.74) is 1.12. The van der Waals surface area contributed by atoms with Crippen LogP contribution in [0.2, 0.25) is 0 Å². The average Bonchev–Trinajstić information content (AvgIpc) is 2.52. The fraction of sp³-hybridized carbons (Fsp3) is 0.263. The Morgan fingerprint density at radius 2 is 1.74 bits per heavy atom. The molecule has 2 aromatic rings. The third-order valence-electron chi connectivity index (χ3n) is 3.60. The first-order chi connectivity index (χ1) is 11.0. The molecule has 0 saturated heterocycles. The van der Waals surface area contributed by atoms with Gasteiger partial charge in [-0.05, 0) is 35.7 Å². The summed E-state index contributed by atoms with van der Waals surface area (Å²) in [6.07, 6.45) is 0.0929. The first-order valence-corrected chi connectivity index (χ1v) is 7.60. The highest BCUT2D eigenvalue weighted by Gasteiger charge is 2.24. The maximum absolute atomic E-state index is 13.2. The monoisotopic (exact) mass is 313 g/mol. The van der Waals surface area contributed by atoms with E-state index in [1.54, 1.807) is 36.4 Å². The summed E-state index contributed by atoms with van der Waals surface area (Å²) in [6.45, 7) is 3.75. The standard InChI is InChI=1S/C19H20FNO2/c1-13(2)18(21-19(23)15-8-4-3-5-9-15)17(22)12-14-7-6-10-16(20)11-14/h3-11,13,18H,12H2,1-2H3,(H,21,23). The lowest BCUT2D eigenvalue weighted by atomic mass is 9.95. The van der Waals surface area contributed by atoms with Crippen molar-refractivity contribution < 1.29 is 14.0 Å². The SMILES string of the molecule is CC(C)C(NC(=O)c1ccccc1)C(=O)Cc1cccc(F)c1. The molecule has 0 heterocycles. The number of hydrogen-bond donors (Lipinski definition) is 1. The number of halogens is 1. The van der Waals surface area contributed by atoms with Crippen molar-refractivity contribution >= 4 is 11.7 Å². The van der Waals surface area contributed by atoms with Crippen molar-refractivity contribution in [2.45, 2.75) is 26.3 Å². The van der Waals surface area contributed by atoms with E-state index < -0.39 is 6.04 Å². The van der Waals surface area contributed by atoms with Gasteiger partial charge >= 0.3 is 0 Å². The number of amides is 1. The number of carbonyl (C=O) groups is 2. The Labute approximate surface area is 135 Å². The van der Waals surface area contributed by atoms with Gasteiger partial charge in [0.2, 0.25) is 0 Å². The molecule has 2 aromatic carbocycles. The topological polar surface area (TPSA) is 46.2 Å². The van der Waals surface area contributed by atoms with Crippen LogP contribution in [-0.2, 0) is 11.2 Å². The Kier molecular flexibility index (Phi) is 5.63. The molecule has 1 unspecified atom stereocenters. The van der Waals surface area contributed by atoms with Crippen LogP contribution < -0.4 is 5.32 Å². The lowest BCUT2D eigenvalue weighted by Gasteiger charge is -2.21. The third kappa shape index (κ3) is 4.74. The third-order valence-corrected chi connectivity index (χ3v) is 3.60. The predicted molar refractivity (Wildman–Crippen MR) is 87.6 cm³/mol. The van der Waals surface area contributed by atoms with E-state index in [4.69, 9.17) is 0 Å². The summed E-state index contributed by atoms with van der Waals surface area (Å²) in [7, 11) is 0. The zero-order valence-corrected chi connectivity index (χ0v) is 13.3. The molecule has 1 amide bonds. The van der Waals surface area contributed by atoms with Crippen LogP contribution in [0.5, 0.6) is 0 Å². The van der Waals surface area contributed by atoms with Crippen molar-refractivity contribution in [2.75, 3.05) is 0 Å². The molecule has 23 heavy (non-hydrogen) atoms. The maximum atomic E-state index is 13.2. The quantitative estimate of drug-likeness (QED) is 0.888. The second-order valence-corrected chi connectivity index (χ2v) is 5.83. The molecule has 3 nitrogen and oxygen atoms in total. The van der Waals surface area contributed by atoms with E-state index in [0.29, 0.717) is 11.1 Å². The van der Waals surface area contributed by atoms with Crippen LogP contribution in [0.3, 0.4) is 0 Å². The predicted octanol–water partition coefficient (Wildman–Crippen LogP) is 3.39. The van der Waals surface area contributed by atoms with Gasteiger partial charge in [-0.3, -0.25) is 9.59 Å². The molecule has 0 bridgehead atoms. The fourth-order valence-electron chi connectivity index (χ4n) is 2.39. The smallest absolute Gasteiger partial charge is 0.251 e. The molecule has 120 valence electrons. The van der Waals surface area contributed by atoms with Crippen molar-refractivity contribution in [3.63, 3.8) is 0 Å². The molecule has 4 heteroatoms. The van der Waals surface area contributed by atoms with Gasteiger partial charge < -0.3 is 5.32 Å². The van der Waals surface area contributed by atoms with E-state index in [-0.39, 0.29) is 29.8 Å². The van der Waals surface area contributed by atoms with Crippen LogP contribution in [0.4, 0.5) is 4.39 Å². The van der Waals surface area contributed by atoms with E-state index in [2.05, 4.69) is 5.32 Å². The van der Waals surface area contributed by atoms with Crippen LogP contribution in [0.25, 0.3) is 0 Å². The normalized spacial score (nSPS) is 12.0. The molecule has 1 atom stereocenters. The summed E-state index contributed by atoms with van der Waals surface area (Å²) >= 11 is 0. The number of ketones is 1. The highest BCUT2D eigenvalue weighted by Crippen LogP contribution is 2.11. The van der Waals surface area contributed by atoms with E-state index >= 15 is 0 Å². The Balaban J connectivity index is 2.09. The zero-order valence-electron chi connectivity index (χ0n) is 13.3.